The fourth-order valence-corrected chi connectivity index (χ4v) is 5.91. The summed E-state index contributed by atoms with van der Waals surface area (Å²) in [6.07, 6.45) is 10.6. The first kappa shape index (κ1) is 22.5. The molecule has 0 radical (unpaired) electrons. The zero-order valence-electron chi connectivity index (χ0n) is 16.6. The van der Waals surface area contributed by atoms with E-state index in [0.717, 1.165) is 6.08 Å². The van der Waals surface area contributed by atoms with Crippen molar-refractivity contribution < 1.29 is 39.9 Å². The summed E-state index contributed by atoms with van der Waals surface area (Å²) in [6.45, 7) is 0. The number of rotatable bonds is 4. The van der Waals surface area contributed by atoms with Crippen molar-refractivity contribution in [2.24, 2.45) is 5.92 Å². The minimum Gasteiger partial charge on any atom is -0.370 e. The van der Waals surface area contributed by atoms with E-state index >= 15 is 0 Å². The summed E-state index contributed by atoms with van der Waals surface area (Å²) in [5.41, 5.74) is 18.1. The van der Waals surface area contributed by atoms with Gasteiger partial charge in [0.05, 0.1) is 17.4 Å². The van der Waals surface area contributed by atoms with Crippen molar-refractivity contribution in [3.8, 4) is 0 Å². The van der Waals surface area contributed by atoms with E-state index in [1.807, 2.05) is 0 Å². The van der Waals surface area contributed by atoms with Crippen LogP contribution in [0.15, 0.2) is 80.9 Å². The molecule has 0 heterocycles. The SMILES string of the molecule is [N-]=[N+]=C1C=C(S(=O)(=O)O)C2=CC=CCC2=C1OS(=O)(=O)C1=C2C=CC=CC2C(=[N+]=[N-])C(=O)C1. The number of hydrogen-bond acceptors (Lipinski definition) is 6. The summed E-state index contributed by atoms with van der Waals surface area (Å²) in [5.74, 6) is -2.07. The van der Waals surface area contributed by atoms with Crippen molar-refractivity contribution in [2.45, 2.75) is 12.8 Å². The summed E-state index contributed by atoms with van der Waals surface area (Å²) in [6, 6.07) is 0. The number of carbonyl (C=O) groups excluding carboxylic acids is 1. The zero-order valence-corrected chi connectivity index (χ0v) is 18.2. The van der Waals surface area contributed by atoms with E-state index in [-0.39, 0.29) is 33.8 Å². The van der Waals surface area contributed by atoms with Crippen molar-refractivity contribution in [2.75, 3.05) is 0 Å². The van der Waals surface area contributed by atoms with Crippen LogP contribution in [0.1, 0.15) is 12.8 Å². The summed E-state index contributed by atoms with van der Waals surface area (Å²) < 4.78 is 65.0. The Labute approximate surface area is 188 Å². The minimum absolute atomic E-state index is 0.0139. The van der Waals surface area contributed by atoms with Gasteiger partial charge < -0.3 is 15.2 Å². The number of fused-ring (bicyclic) bond motifs is 2. The molecule has 1 unspecified atom stereocenters. The van der Waals surface area contributed by atoms with Gasteiger partial charge in [0, 0.05) is 11.1 Å². The third kappa shape index (κ3) is 3.84. The first-order valence-corrected chi connectivity index (χ1v) is 12.2. The topological polar surface area (TPSA) is 188 Å². The second-order valence-corrected chi connectivity index (χ2v) is 10.2. The first-order valence-electron chi connectivity index (χ1n) is 9.38. The van der Waals surface area contributed by atoms with Crippen LogP contribution < -0.4 is 0 Å². The van der Waals surface area contributed by atoms with Gasteiger partial charge in [-0.2, -0.15) is 26.4 Å². The van der Waals surface area contributed by atoms with Gasteiger partial charge in [-0.1, -0.05) is 42.5 Å². The summed E-state index contributed by atoms with van der Waals surface area (Å²) in [7, 11) is -9.41. The smallest absolute Gasteiger partial charge is 0.360 e. The number of carbonyl (C=O) groups is 1. The highest BCUT2D eigenvalue weighted by Crippen LogP contribution is 2.39. The second kappa shape index (κ2) is 8.00. The highest BCUT2D eigenvalue weighted by molar-refractivity contribution is 7.91. The van der Waals surface area contributed by atoms with Crippen LogP contribution in [0.3, 0.4) is 0 Å². The molecular formula is C20H14N4O7S2. The Morgan fingerprint density at radius 2 is 1.85 bits per heavy atom. The Balaban J connectivity index is 1.86. The molecule has 0 aromatic rings. The van der Waals surface area contributed by atoms with Crippen LogP contribution in [0.5, 0.6) is 0 Å². The normalized spacial score (nSPS) is 22.3. The van der Waals surface area contributed by atoms with E-state index in [9.17, 15) is 37.2 Å². The van der Waals surface area contributed by atoms with E-state index in [4.69, 9.17) is 4.18 Å². The fraction of sp³-hybridized carbons (Fsp3) is 0.150. The van der Waals surface area contributed by atoms with E-state index < -0.39 is 54.7 Å². The first-order chi connectivity index (χ1) is 15.6. The summed E-state index contributed by atoms with van der Waals surface area (Å²) >= 11 is 0. The van der Waals surface area contributed by atoms with Crippen LogP contribution in [-0.2, 0) is 29.2 Å². The van der Waals surface area contributed by atoms with Crippen molar-refractivity contribution in [1.82, 2.24) is 0 Å². The monoisotopic (exact) mass is 486 g/mol. The zero-order chi connectivity index (χ0) is 24.0. The number of hydrogen-bond donors (Lipinski definition) is 1. The third-order valence-electron chi connectivity index (χ3n) is 5.32. The van der Waals surface area contributed by atoms with Gasteiger partial charge >= 0.3 is 21.5 Å². The lowest BCUT2D eigenvalue weighted by molar-refractivity contribution is -0.117. The van der Waals surface area contributed by atoms with Crippen LogP contribution in [0.25, 0.3) is 11.1 Å². The summed E-state index contributed by atoms with van der Waals surface area (Å²) in [4.78, 5) is 17.4. The molecule has 0 spiro atoms. The van der Waals surface area contributed by atoms with Crippen molar-refractivity contribution in [3.05, 3.63) is 92.0 Å². The Bertz CT molecular complexity index is 1540. The van der Waals surface area contributed by atoms with E-state index in [1.54, 1.807) is 18.2 Å². The van der Waals surface area contributed by atoms with Crippen molar-refractivity contribution in [3.63, 3.8) is 0 Å². The number of ketones is 1. The maximum atomic E-state index is 13.3. The quantitative estimate of drug-likeness (QED) is 0.270. The van der Waals surface area contributed by atoms with Crippen LogP contribution in [-0.4, -0.2) is 48.2 Å². The molecular weight excluding hydrogens is 472 g/mol. The summed E-state index contributed by atoms with van der Waals surface area (Å²) in [5, 5.41) is 0. The van der Waals surface area contributed by atoms with Gasteiger partial charge in [0.15, 0.2) is 0 Å². The van der Waals surface area contributed by atoms with E-state index in [0.29, 0.717) is 0 Å². The molecule has 0 aromatic heterocycles. The lowest BCUT2D eigenvalue weighted by Gasteiger charge is -2.24. The maximum Gasteiger partial charge on any atom is 0.360 e. The molecule has 1 N–H and O–H groups in total. The molecule has 13 heteroatoms. The van der Waals surface area contributed by atoms with Gasteiger partial charge in [-0.15, -0.1) is 0 Å². The van der Waals surface area contributed by atoms with E-state index in [1.165, 1.54) is 24.3 Å². The van der Waals surface area contributed by atoms with Gasteiger partial charge in [0.2, 0.25) is 11.5 Å². The Morgan fingerprint density at radius 1 is 1.09 bits per heavy atom. The Morgan fingerprint density at radius 3 is 2.52 bits per heavy atom. The van der Waals surface area contributed by atoms with Gasteiger partial charge in [-0.05, 0) is 12.0 Å². The molecule has 0 aromatic carbocycles. The maximum absolute atomic E-state index is 13.3. The standard InChI is InChI=1S/C20H14N4O7S2/c21-23-15-9-17(32(26,27)28)12-6-2-4-8-14(12)20(15)31-33(29,30)18-10-16(25)19(24-22)13-7-3-1-5-11(13)18/h1-7,9,13H,8,10H2,(H,26,27,28). The van der Waals surface area contributed by atoms with Gasteiger partial charge in [-0.25, -0.2) is 0 Å². The highest BCUT2D eigenvalue weighted by atomic mass is 32.2. The van der Waals surface area contributed by atoms with Crippen LogP contribution >= 0.6 is 0 Å². The molecule has 0 fully saturated rings. The Kier molecular flexibility index (Phi) is 5.44. The highest BCUT2D eigenvalue weighted by Gasteiger charge is 2.45. The molecule has 4 aliphatic carbocycles. The molecule has 33 heavy (non-hydrogen) atoms. The lowest BCUT2D eigenvalue weighted by atomic mass is 9.82. The molecule has 4 rings (SSSR count). The average molecular weight is 486 g/mol. The molecule has 0 saturated heterocycles. The molecule has 11 nitrogen and oxygen atoms in total. The number of nitrogens with zero attached hydrogens (tertiary/aromatic N) is 4. The second-order valence-electron chi connectivity index (χ2n) is 7.21. The van der Waals surface area contributed by atoms with Crippen molar-refractivity contribution in [1.29, 1.82) is 0 Å². The van der Waals surface area contributed by atoms with Gasteiger partial charge in [0.25, 0.3) is 10.1 Å². The van der Waals surface area contributed by atoms with Gasteiger partial charge in [-0.3, -0.25) is 9.35 Å². The molecule has 0 saturated carbocycles. The van der Waals surface area contributed by atoms with Gasteiger partial charge in [0.1, 0.15) is 10.8 Å². The molecule has 0 bridgehead atoms. The number of allylic oxidation sites excluding steroid dienone is 12. The number of Topliss-reactive ketones (excluding diaryl/α,β-unsaturated/α-hetero) is 1. The van der Waals surface area contributed by atoms with E-state index in [2.05, 4.69) is 9.58 Å². The third-order valence-corrected chi connectivity index (χ3v) is 7.59. The molecule has 1 atom stereocenters. The van der Waals surface area contributed by atoms with Crippen LogP contribution in [0, 0.1) is 5.92 Å². The fourth-order valence-electron chi connectivity index (χ4n) is 3.88. The molecule has 0 aliphatic heterocycles. The average Bonchev–Trinajstić information content (AvgIpc) is 2.77. The predicted molar refractivity (Wildman–Crippen MR) is 114 cm³/mol. The predicted octanol–water partition coefficient (Wildman–Crippen LogP) is 1.57. The molecule has 0 amide bonds. The minimum atomic E-state index is -4.74. The Hall–Kier alpha value is -3.73. The van der Waals surface area contributed by atoms with Crippen LogP contribution in [0.4, 0.5) is 0 Å². The van der Waals surface area contributed by atoms with Crippen LogP contribution in [0.2, 0.25) is 0 Å². The molecule has 4 aliphatic rings. The van der Waals surface area contributed by atoms with Crippen molar-refractivity contribution >= 4 is 37.4 Å². The largest absolute Gasteiger partial charge is 0.370 e. The lowest BCUT2D eigenvalue weighted by Crippen LogP contribution is -2.34. The molecule has 168 valence electrons.